The second kappa shape index (κ2) is 5.73. The van der Waals surface area contributed by atoms with Crippen molar-refractivity contribution in [3.8, 4) is 5.69 Å². The third-order valence-corrected chi connectivity index (χ3v) is 5.80. The van der Waals surface area contributed by atoms with Gasteiger partial charge in [-0.2, -0.15) is 5.10 Å². The normalized spacial score (nSPS) is 15.5. The topological polar surface area (TPSA) is 81.1 Å². The van der Waals surface area contributed by atoms with E-state index in [-0.39, 0.29) is 23.3 Å². The van der Waals surface area contributed by atoms with Crippen molar-refractivity contribution in [3.05, 3.63) is 40.6 Å². The van der Waals surface area contributed by atoms with Gasteiger partial charge in [0.15, 0.2) is 9.84 Å². The van der Waals surface area contributed by atoms with E-state index in [4.69, 9.17) is 0 Å². The van der Waals surface area contributed by atoms with Gasteiger partial charge in [-0.3, -0.25) is 4.79 Å². The first-order valence-corrected chi connectivity index (χ1v) is 9.70. The molecule has 0 unspecified atom stereocenters. The second-order valence-electron chi connectivity index (χ2n) is 6.58. The second-order valence-corrected chi connectivity index (χ2v) is 8.65. The predicted molar refractivity (Wildman–Crippen MR) is 92.8 cm³/mol. The quantitative estimate of drug-likeness (QED) is 0.925. The van der Waals surface area contributed by atoms with Gasteiger partial charge >= 0.3 is 0 Å². The number of amides is 1. The van der Waals surface area contributed by atoms with E-state index in [2.05, 4.69) is 10.4 Å². The number of benzene rings is 1. The summed E-state index contributed by atoms with van der Waals surface area (Å²) in [7, 11) is -3.18. The summed E-state index contributed by atoms with van der Waals surface area (Å²) < 4.78 is 25.5. The van der Waals surface area contributed by atoms with Crippen LogP contribution in [-0.2, 0) is 26.1 Å². The summed E-state index contributed by atoms with van der Waals surface area (Å²) in [6.45, 7) is 7.59. The van der Waals surface area contributed by atoms with Crippen LogP contribution >= 0.6 is 0 Å². The molecule has 0 atom stereocenters. The standard InChI is InChI=1S/C17H21N3O3S/c1-10(2)17(21)18-16-13-8-24(22,23)9-14(13)19-20(16)15-7-5-6-11(3)12(15)4/h5-7,10H,8-9H2,1-4H3,(H,18,21). The van der Waals surface area contributed by atoms with Crippen LogP contribution in [0.3, 0.4) is 0 Å². The molecular weight excluding hydrogens is 326 g/mol. The molecule has 0 saturated carbocycles. The molecule has 2 heterocycles. The zero-order valence-corrected chi connectivity index (χ0v) is 15.1. The Labute approximate surface area is 141 Å². The molecule has 0 radical (unpaired) electrons. The molecule has 0 fully saturated rings. The summed E-state index contributed by atoms with van der Waals surface area (Å²) in [5, 5.41) is 7.36. The Balaban J connectivity index is 2.17. The first-order valence-electron chi connectivity index (χ1n) is 7.88. The lowest BCUT2D eigenvalue weighted by Crippen LogP contribution is -2.21. The van der Waals surface area contributed by atoms with Crippen LogP contribution in [0.2, 0.25) is 0 Å². The van der Waals surface area contributed by atoms with Crippen LogP contribution in [0, 0.1) is 19.8 Å². The van der Waals surface area contributed by atoms with Crippen molar-refractivity contribution < 1.29 is 13.2 Å². The summed E-state index contributed by atoms with van der Waals surface area (Å²) in [4.78, 5) is 12.2. The number of carbonyl (C=O) groups excluding carboxylic acids is 1. The van der Waals surface area contributed by atoms with Gasteiger partial charge in [-0.15, -0.1) is 0 Å². The highest BCUT2D eigenvalue weighted by atomic mass is 32.2. The first-order chi connectivity index (χ1) is 11.2. The minimum absolute atomic E-state index is 0.0786. The monoisotopic (exact) mass is 347 g/mol. The summed E-state index contributed by atoms with van der Waals surface area (Å²) in [5.74, 6) is -0.0568. The average molecular weight is 347 g/mol. The molecule has 3 rings (SSSR count). The molecule has 6 nitrogen and oxygen atoms in total. The largest absolute Gasteiger partial charge is 0.310 e. The molecule has 1 aliphatic heterocycles. The Kier molecular flexibility index (Phi) is 3.99. The van der Waals surface area contributed by atoms with E-state index < -0.39 is 9.84 Å². The molecule has 1 aromatic carbocycles. The molecule has 128 valence electrons. The van der Waals surface area contributed by atoms with E-state index in [0.717, 1.165) is 16.8 Å². The average Bonchev–Trinajstić information content (AvgIpc) is 2.95. The third kappa shape index (κ3) is 2.84. The van der Waals surface area contributed by atoms with Crippen LogP contribution in [0.4, 0.5) is 5.82 Å². The van der Waals surface area contributed by atoms with Gasteiger partial charge in [0, 0.05) is 11.5 Å². The van der Waals surface area contributed by atoms with Crippen LogP contribution < -0.4 is 5.32 Å². The van der Waals surface area contributed by atoms with Gasteiger partial charge in [0.25, 0.3) is 0 Å². The van der Waals surface area contributed by atoms with Crippen molar-refractivity contribution in [1.29, 1.82) is 0 Å². The van der Waals surface area contributed by atoms with Crippen molar-refractivity contribution in [1.82, 2.24) is 9.78 Å². The lowest BCUT2D eigenvalue weighted by molar-refractivity contribution is -0.118. The maximum absolute atomic E-state index is 12.2. The molecule has 1 N–H and O–H groups in total. The molecule has 0 bridgehead atoms. The fraction of sp³-hybridized carbons (Fsp3) is 0.412. The van der Waals surface area contributed by atoms with Crippen molar-refractivity contribution in [2.75, 3.05) is 5.32 Å². The Morgan fingerprint density at radius 3 is 2.62 bits per heavy atom. The summed E-state index contributed by atoms with van der Waals surface area (Å²) in [6.07, 6.45) is 0. The van der Waals surface area contributed by atoms with E-state index in [1.807, 2.05) is 32.0 Å². The Hall–Kier alpha value is -2.15. The van der Waals surface area contributed by atoms with Crippen LogP contribution in [0.1, 0.15) is 36.2 Å². The molecule has 7 heteroatoms. The van der Waals surface area contributed by atoms with Crippen molar-refractivity contribution in [2.24, 2.45) is 5.92 Å². The lowest BCUT2D eigenvalue weighted by Gasteiger charge is -2.15. The van der Waals surface area contributed by atoms with Gasteiger partial charge in [-0.25, -0.2) is 13.1 Å². The van der Waals surface area contributed by atoms with E-state index >= 15 is 0 Å². The van der Waals surface area contributed by atoms with Crippen LogP contribution in [0.15, 0.2) is 18.2 Å². The number of hydrogen-bond acceptors (Lipinski definition) is 4. The summed E-state index contributed by atoms with van der Waals surface area (Å²) >= 11 is 0. The van der Waals surface area contributed by atoms with Gasteiger partial charge in [-0.05, 0) is 31.0 Å². The van der Waals surface area contributed by atoms with Crippen molar-refractivity contribution in [2.45, 2.75) is 39.2 Å². The van der Waals surface area contributed by atoms with E-state index in [1.54, 1.807) is 18.5 Å². The number of nitrogens with one attached hydrogen (secondary N) is 1. The fourth-order valence-corrected chi connectivity index (χ4v) is 4.27. The molecule has 1 aliphatic rings. The van der Waals surface area contributed by atoms with Crippen LogP contribution in [-0.4, -0.2) is 24.1 Å². The molecular formula is C17H21N3O3S. The molecule has 1 aromatic heterocycles. The maximum Gasteiger partial charge on any atom is 0.228 e. The number of aromatic nitrogens is 2. The highest BCUT2D eigenvalue weighted by molar-refractivity contribution is 7.90. The van der Waals surface area contributed by atoms with Gasteiger partial charge in [0.1, 0.15) is 5.82 Å². The van der Waals surface area contributed by atoms with E-state index in [1.165, 1.54) is 0 Å². The molecule has 0 aliphatic carbocycles. The zero-order chi connectivity index (χ0) is 17.6. The summed E-state index contributed by atoms with van der Waals surface area (Å²) in [5.41, 5.74) is 4.12. The number of rotatable bonds is 3. The maximum atomic E-state index is 12.2. The Bertz CT molecular complexity index is 927. The Morgan fingerprint density at radius 2 is 1.96 bits per heavy atom. The molecule has 0 spiro atoms. The van der Waals surface area contributed by atoms with Gasteiger partial charge in [-0.1, -0.05) is 26.0 Å². The minimum Gasteiger partial charge on any atom is -0.310 e. The number of aryl methyl sites for hydroxylation is 1. The fourth-order valence-electron chi connectivity index (χ4n) is 2.77. The van der Waals surface area contributed by atoms with Crippen molar-refractivity contribution in [3.63, 3.8) is 0 Å². The van der Waals surface area contributed by atoms with Gasteiger partial charge in [0.05, 0.1) is 22.9 Å². The molecule has 0 saturated heterocycles. The van der Waals surface area contributed by atoms with Gasteiger partial charge < -0.3 is 5.32 Å². The van der Waals surface area contributed by atoms with Crippen LogP contribution in [0.25, 0.3) is 5.69 Å². The number of carbonyl (C=O) groups is 1. The first kappa shape index (κ1) is 16.7. The molecule has 24 heavy (non-hydrogen) atoms. The zero-order valence-electron chi connectivity index (χ0n) is 14.3. The third-order valence-electron chi connectivity index (χ3n) is 4.36. The van der Waals surface area contributed by atoms with Crippen LogP contribution in [0.5, 0.6) is 0 Å². The smallest absolute Gasteiger partial charge is 0.228 e. The summed E-state index contributed by atoms with van der Waals surface area (Å²) in [6, 6.07) is 5.85. The number of sulfone groups is 1. The molecule has 2 aromatic rings. The number of nitrogens with zero attached hydrogens (tertiary/aromatic N) is 2. The highest BCUT2D eigenvalue weighted by Crippen LogP contribution is 2.34. The Morgan fingerprint density at radius 1 is 1.25 bits per heavy atom. The number of hydrogen-bond donors (Lipinski definition) is 1. The van der Waals surface area contributed by atoms with Gasteiger partial charge in [0.2, 0.25) is 5.91 Å². The van der Waals surface area contributed by atoms with E-state index in [0.29, 0.717) is 17.1 Å². The van der Waals surface area contributed by atoms with Crippen molar-refractivity contribution >= 4 is 21.6 Å². The lowest BCUT2D eigenvalue weighted by atomic mass is 10.1. The number of anilines is 1. The number of fused-ring (bicyclic) bond motifs is 1. The van der Waals surface area contributed by atoms with E-state index in [9.17, 15) is 13.2 Å². The molecule has 1 amide bonds. The predicted octanol–water partition coefficient (Wildman–Crippen LogP) is 2.51. The minimum atomic E-state index is -3.18. The highest BCUT2D eigenvalue weighted by Gasteiger charge is 2.33. The SMILES string of the molecule is Cc1cccc(-n2nc3c(c2NC(=O)C(C)C)CS(=O)(=O)C3)c1C.